The highest BCUT2D eigenvalue weighted by molar-refractivity contribution is 6.07. The Morgan fingerprint density at radius 2 is 2.00 bits per heavy atom. The van der Waals surface area contributed by atoms with Crippen molar-refractivity contribution in [1.82, 2.24) is 4.90 Å². The highest BCUT2D eigenvalue weighted by Gasteiger charge is 2.30. The lowest BCUT2D eigenvalue weighted by Crippen LogP contribution is -2.36. The first-order valence-corrected chi connectivity index (χ1v) is 11.1. The predicted octanol–water partition coefficient (Wildman–Crippen LogP) is 4.97. The number of carbonyl (C=O) groups is 2. The van der Waals surface area contributed by atoms with Gasteiger partial charge in [0.15, 0.2) is 6.61 Å². The quantitative estimate of drug-likeness (QED) is 0.319. The van der Waals surface area contributed by atoms with Crippen molar-refractivity contribution in [3.8, 4) is 5.75 Å². The standard InChI is InChI=1S/C24H26F4N4O3/c1-3-16-8-4-5-9-19(16)29-23(34)17-12-18(25)20(13-21(17)35-14-24(26,27)28)31(2)30-22-10-6-7-11-32(22)15-33/h4-5,8-9,12-13,15H,3,6-7,10-11,14H2,1-2H3,(H,29,34)/b30-22-. The molecule has 0 atom stereocenters. The fraction of sp³-hybridized carbons (Fsp3) is 0.375. The number of hydrogen-bond acceptors (Lipinski definition) is 5. The first-order valence-electron chi connectivity index (χ1n) is 11.1. The minimum Gasteiger partial charge on any atom is -0.483 e. The third kappa shape index (κ3) is 6.71. The van der Waals surface area contributed by atoms with Crippen LogP contribution in [0.5, 0.6) is 5.75 Å². The number of hydrazone groups is 1. The summed E-state index contributed by atoms with van der Waals surface area (Å²) in [5.74, 6) is -1.75. The molecule has 1 N–H and O–H groups in total. The molecule has 7 nitrogen and oxygen atoms in total. The van der Waals surface area contributed by atoms with E-state index in [1.807, 2.05) is 6.92 Å². The van der Waals surface area contributed by atoms with Gasteiger partial charge in [0.2, 0.25) is 6.41 Å². The number of nitrogens with zero attached hydrogens (tertiary/aromatic N) is 3. The minimum atomic E-state index is -4.67. The summed E-state index contributed by atoms with van der Waals surface area (Å²) in [6, 6.07) is 8.74. The van der Waals surface area contributed by atoms with Crippen molar-refractivity contribution in [3.05, 3.63) is 53.3 Å². The van der Waals surface area contributed by atoms with E-state index in [1.54, 1.807) is 24.3 Å². The molecule has 0 spiro atoms. The molecular formula is C24H26F4N4O3. The zero-order valence-electron chi connectivity index (χ0n) is 19.4. The molecule has 0 saturated carbocycles. The molecule has 2 aromatic carbocycles. The lowest BCUT2D eigenvalue weighted by Gasteiger charge is -2.26. The minimum absolute atomic E-state index is 0.211. The van der Waals surface area contributed by atoms with Crippen molar-refractivity contribution in [1.29, 1.82) is 0 Å². The maximum absolute atomic E-state index is 15.1. The molecule has 0 bridgehead atoms. The van der Waals surface area contributed by atoms with Crippen LogP contribution in [-0.2, 0) is 11.2 Å². The fourth-order valence-electron chi connectivity index (χ4n) is 3.67. The van der Waals surface area contributed by atoms with E-state index in [9.17, 15) is 22.8 Å². The van der Waals surface area contributed by atoms with Gasteiger partial charge in [-0.3, -0.25) is 14.6 Å². The van der Waals surface area contributed by atoms with Crippen LogP contribution in [0.3, 0.4) is 0 Å². The maximum atomic E-state index is 15.1. The van der Waals surface area contributed by atoms with Crippen LogP contribution in [0.15, 0.2) is 41.5 Å². The van der Waals surface area contributed by atoms with Gasteiger partial charge in [-0.05, 0) is 37.0 Å². The van der Waals surface area contributed by atoms with Gasteiger partial charge in [-0.2, -0.15) is 18.3 Å². The van der Waals surface area contributed by atoms with Gasteiger partial charge < -0.3 is 15.0 Å². The van der Waals surface area contributed by atoms with Crippen LogP contribution in [0.1, 0.15) is 42.1 Å². The van der Waals surface area contributed by atoms with Gasteiger partial charge >= 0.3 is 6.18 Å². The molecule has 1 aliphatic rings. The highest BCUT2D eigenvalue weighted by Crippen LogP contribution is 2.32. The predicted molar refractivity (Wildman–Crippen MR) is 124 cm³/mol. The van der Waals surface area contributed by atoms with Crippen molar-refractivity contribution < 1.29 is 31.9 Å². The number of piperidine rings is 1. The number of aryl methyl sites for hydroxylation is 1. The number of carbonyl (C=O) groups excluding carboxylic acids is 2. The molecule has 3 rings (SSSR count). The Bertz CT molecular complexity index is 1100. The van der Waals surface area contributed by atoms with Crippen LogP contribution in [0.25, 0.3) is 0 Å². The number of ether oxygens (including phenoxy) is 1. The molecule has 2 amide bonds. The van der Waals surface area contributed by atoms with Crippen molar-refractivity contribution in [2.75, 3.05) is 30.5 Å². The van der Waals surface area contributed by atoms with Crippen LogP contribution in [0, 0.1) is 5.82 Å². The number of para-hydroxylation sites is 1. The number of halogens is 4. The van der Waals surface area contributed by atoms with Crippen LogP contribution in [0.4, 0.5) is 28.9 Å². The third-order valence-electron chi connectivity index (χ3n) is 5.45. The Hall–Kier alpha value is -3.63. The number of nitrogens with one attached hydrogen (secondary N) is 1. The van der Waals surface area contributed by atoms with E-state index in [2.05, 4.69) is 10.4 Å². The van der Waals surface area contributed by atoms with Gasteiger partial charge in [0.25, 0.3) is 5.91 Å². The monoisotopic (exact) mass is 494 g/mol. The SMILES string of the molecule is CCc1ccccc1NC(=O)c1cc(F)c(N(C)/N=C2/CCCCN2C=O)cc1OCC(F)(F)F. The number of alkyl halides is 3. The van der Waals surface area contributed by atoms with Crippen LogP contribution in [-0.4, -0.2) is 49.4 Å². The number of anilines is 2. The number of rotatable bonds is 8. The topological polar surface area (TPSA) is 74.2 Å². The van der Waals surface area contributed by atoms with Gasteiger partial charge in [-0.15, -0.1) is 0 Å². The average molecular weight is 494 g/mol. The number of benzene rings is 2. The molecule has 1 fully saturated rings. The van der Waals surface area contributed by atoms with E-state index in [-0.39, 0.29) is 5.69 Å². The summed E-state index contributed by atoms with van der Waals surface area (Å²) in [5, 5.41) is 7.99. The van der Waals surface area contributed by atoms with E-state index in [4.69, 9.17) is 4.74 Å². The molecule has 1 heterocycles. The normalized spacial score (nSPS) is 15.1. The summed E-state index contributed by atoms with van der Waals surface area (Å²) in [4.78, 5) is 25.6. The molecule has 1 saturated heterocycles. The van der Waals surface area contributed by atoms with Crippen LogP contribution >= 0.6 is 0 Å². The molecule has 2 aromatic rings. The second kappa shape index (κ2) is 11.2. The molecule has 35 heavy (non-hydrogen) atoms. The number of hydrogen-bond donors (Lipinski definition) is 1. The van der Waals surface area contributed by atoms with Gasteiger partial charge in [-0.25, -0.2) is 4.39 Å². The van der Waals surface area contributed by atoms with E-state index >= 15 is 4.39 Å². The second-order valence-electron chi connectivity index (χ2n) is 7.96. The average Bonchev–Trinajstić information content (AvgIpc) is 2.83. The Kier molecular flexibility index (Phi) is 8.31. The Morgan fingerprint density at radius 3 is 2.69 bits per heavy atom. The van der Waals surface area contributed by atoms with E-state index in [0.717, 1.165) is 35.5 Å². The molecule has 0 unspecified atom stereocenters. The Morgan fingerprint density at radius 1 is 1.26 bits per heavy atom. The van der Waals surface area contributed by atoms with Crippen molar-refractivity contribution in [2.24, 2.45) is 5.10 Å². The Balaban J connectivity index is 1.97. The maximum Gasteiger partial charge on any atom is 0.422 e. The summed E-state index contributed by atoms with van der Waals surface area (Å²) < 4.78 is 58.6. The lowest BCUT2D eigenvalue weighted by atomic mass is 10.1. The first kappa shape index (κ1) is 26.0. The van der Waals surface area contributed by atoms with Gasteiger partial charge in [-0.1, -0.05) is 25.1 Å². The zero-order valence-corrected chi connectivity index (χ0v) is 19.4. The summed E-state index contributed by atoms with van der Waals surface area (Å²) in [6.07, 6.45) is -1.37. The summed E-state index contributed by atoms with van der Waals surface area (Å²) >= 11 is 0. The van der Waals surface area contributed by atoms with Crippen molar-refractivity contribution >= 4 is 29.5 Å². The lowest BCUT2D eigenvalue weighted by molar-refractivity contribution is -0.153. The van der Waals surface area contributed by atoms with E-state index < -0.39 is 35.8 Å². The largest absolute Gasteiger partial charge is 0.483 e. The van der Waals surface area contributed by atoms with E-state index in [0.29, 0.717) is 37.3 Å². The molecule has 0 radical (unpaired) electrons. The summed E-state index contributed by atoms with van der Waals surface area (Å²) in [6.45, 7) is 0.685. The number of likely N-dealkylation sites (tertiary alicyclic amines) is 1. The van der Waals surface area contributed by atoms with Crippen molar-refractivity contribution in [3.63, 3.8) is 0 Å². The van der Waals surface area contributed by atoms with E-state index in [1.165, 1.54) is 11.9 Å². The number of amides is 2. The van der Waals surface area contributed by atoms with Crippen LogP contribution in [0.2, 0.25) is 0 Å². The molecule has 0 aromatic heterocycles. The fourth-order valence-corrected chi connectivity index (χ4v) is 3.67. The zero-order chi connectivity index (χ0) is 25.6. The van der Waals surface area contributed by atoms with Gasteiger partial charge in [0.1, 0.15) is 17.4 Å². The summed E-state index contributed by atoms with van der Waals surface area (Å²) in [5.41, 5.74) is 0.658. The third-order valence-corrected chi connectivity index (χ3v) is 5.45. The van der Waals surface area contributed by atoms with Gasteiger partial charge in [0.05, 0.1) is 11.3 Å². The molecule has 11 heteroatoms. The molecule has 0 aliphatic carbocycles. The van der Waals surface area contributed by atoms with Gasteiger partial charge in [0, 0.05) is 31.8 Å². The summed E-state index contributed by atoms with van der Waals surface area (Å²) in [7, 11) is 1.40. The van der Waals surface area contributed by atoms with Crippen molar-refractivity contribution in [2.45, 2.75) is 38.8 Å². The second-order valence-corrected chi connectivity index (χ2v) is 7.96. The molecular weight excluding hydrogens is 468 g/mol. The number of amidine groups is 1. The molecule has 1 aliphatic heterocycles. The molecule has 188 valence electrons. The Labute approximate surface area is 200 Å². The highest BCUT2D eigenvalue weighted by atomic mass is 19.4. The first-order chi connectivity index (χ1) is 16.6. The van der Waals surface area contributed by atoms with Crippen LogP contribution < -0.4 is 15.1 Å². The smallest absolute Gasteiger partial charge is 0.422 e.